The van der Waals surface area contributed by atoms with E-state index in [1.807, 2.05) is 0 Å². The summed E-state index contributed by atoms with van der Waals surface area (Å²) in [6.07, 6.45) is 10.3. The molecule has 3 unspecified atom stereocenters. The first-order valence-electron chi connectivity index (χ1n) is 9.28. The molecular formula is C18H36N2O. The van der Waals surface area contributed by atoms with Crippen molar-refractivity contribution in [2.24, 2.45) is 11.8 Å². The van der Waals surface area contributed by atoms with Crippen molar-refractivity contribution < 1.29 is 5.11 Å². The van der Waals surface area contributed by atoms with Crippen molar-refractivity contribution in [3.63, 3.8) is 0 Å². The van der Waals surface area contributed by atoms with Gasteiger partial charge >= 0.3 is 0 Å². The molecular weight excluding hydrogens is 260 g/mol. The quantitative estimate of drug-likeness (QED) is 0.758. The molecule has 2 fully saturated rings. The van der Waals surface area contributed by atoms with Crippen LogP contribution in [-0.4, -0.2) is 48.3 Å². The highest BCUT2D eigenvalue weighted by Gasteiger charge is 2.41. The Hall–Kier alpha value is -0.120. The van der Waals surface area contributed by atoms with Crippen LogP contribution in [0.3, 0.4) is 0 Å². The first-order valence-corrected chi connectivity index (χ1v) is 9.28. The predicted octanol–water partition coefficient (Wildman–Crippen LogP) is 3.03. The van der Waals surface area contributed by atoms with Gasteiger partial charge in [-0.1, -0.05) is 20.3 Å². The molecule has 124 valence electrons. The van der Waals surface area contributed by atoms with Gasteiger partial charge in [-0.2, -0.15) is 0 Å². The van der Waals surface area contributed by atoms with Gasteiger partial charge in [0.1, 0.15) is 0 Å². The third kappa shape index (κ3) is 4.67. The van der Waals surface area contributed by atoms with Crippen molar-refractivity contribution in [2.75, 3.05) is 32.8 Å². The molecule has 1 aliphatic heterocycles. The van der Waals surface area contributed by atoms with Crippen LogP contribution >= 0.6 is 0 Å². The maximum Gasteiger partial charge on any atom is 0.0616 e. The van der Waals surface area contributed by atoms with Crippen LogP contribution in [0.15, 0.2) is 0 Å². The van der Waals surface area contributed by atoms with Gasteiger partial charge in [-0.3, -0.25) is 0 Å². The lowest BCUT2D eigenvalue weighted by molar-refractivity contribution is 0.111. The average molecular weight is 296 g/mol. The van der Waals surface area contributed by atoms with Crippen LogP contribution in [0.4, 0.5) is 0 Å². The Morgan fingerprint density at radius 3 is 2.81 bits per heavy atom. The van der Waals surface area contributed by atoms with Crippen LogP contribution < -0.4 is 5.32 Å². The van der Waals surface area contributed by atoms with Gasteiger partial charge in [0, 0.05) is 5.54 Å². The maximum absolute atomic E-state index is 9.95. The number of nitrogens with zero attached hydrogens (tertiary/aromatic N) is 1. The van der Waals surface area contributed by atoms with Gasteiger partial charge in [-0.25, -0.2) is 0 Å². The zero-order valence-electron chi connectivity index (χ0n) is 14.2. The first kappa shape index (κ1) is 17.2. The molecule has 1 saturated carbocycles. The summed E-state index contributed by atoms with van der Waals surface area (Å²) in [6, 6.07) is 0. The topological polar surface area (TPSA) is 35.5 Å². The van der Waals surface area contributed by atoms with E-state index in [1.165, 1.54) is 58.2 Å². The zero-order chi connectivity index (χ0) is 15.1. The summed E-state index contributed by atoms with van der Waals surface area (Å²) in [6.45, 7) is 9.75. The molecule has 3 atom stereocenters. The first-order chi connectivity index (χ1) is 10.2. The SMILES string of the molecule is CCCNC1(CO)CCCC1CCN1CCCC(C)CC1. The van der Waals surface area contributed by atoms with Gasteiger partial charge in [-0.05, 0) is 83.0 Å². The van der Waals surface area contributed by atoms with Crippen LogP contribution in [0.25, 0.3) is 0 Å². The monoisotopic (exact) mass is 296 g/mol. The molecule has 3 nitrogen and oxygen atoms in total. The molecule has 0 spiro atoms. The molecule has 3 heteroatoms. The molecule has 0 aromatic rings. The normalized spacial score (nSPS) is 35.0. The van der Waals surface area contributed by atoms with E-state index in [9.17, 15) is 5.11 Å². The summed E-state index contributed by atoms with van der Waals surface area (Å²) in [7, 11) is 0. The Morgan fingerprint density at radius 2 is 2.05 bits per heavy atom. The Balaban J connectivity index is 1.82. The minimum Gasteiger partial charge on any atom is -0.394 e. The fraction of sp³-hybridized carbons (Fsp3) is 1.00. The number of rotatable bonds is 7. The summed E-state index contributed by atoms with van der Waals surface area (Å²) in [4.78, 5) is 2.67. The summed E-state index contributed by atoms with van der Waals surface area (Å²) < 4.78 is 0. The molecule has 0 aromatic heterocycles. The lowest BCUT2D eigenvalue weighted by Gasteiger charge is -2.36. The standard InChI is InChI=1S/C18H36N2O/c1-3-11-19-18(15-21)10-4-7-17(18)9-14-20-12-5-6-16(2)8-13-20/h16-17,19,21H,3-15H2,1-2H3. The summed E-state index contributed by atoms with van der Waals surface area (Å²) in [5, 5.41) is 13.6. The van der Waals surface area contributed by atoms with Gasteiger partial charge in [0.25, 0.3) is 0 Å². The molecule has 2 N–H and O–H groups in total. The highest BCUT2D eigenvalue weighted by atomic mass is 16.3. The number of aliphatic hydroxyl groups excluding tert-OH is 1. The zero-order valence-corrected chi connectivity index (χ0v) is 14.2. The third-order valence-electron chi connectivity index (χ3n) is 5.87. The highest BCUT2D eigenvalue weighted by Crippen LogP contribution is 2.38. The predicted molar refractivity (Wildman–Crippen MR) is 89.5 cm³/mol. The maximum atomic E-state index is 9.95. The van der Waals surface area contributed by atoms with Crippen molar-refractivity contribution >= 4 is 0 Å². The lowest BCUT2D eigenvalue weighted by Crippen LogP contribution is -2.52. The van der Waals surface area contributed by atoms with Gasteiger partial charge in [0.05, 0.1) is 6.61 Å². The van der Waals surface area contributed by atoms with Crippen LogP contribution in [0.5, 0.6) is 0 Å². The molecule has 0 radical (unpaired) electrons. The molecule has 1 heterocycles. The van der Waals surface area contributed by atoms with Crippen LogP contribution in [-0.2, 0) is 0 Å². The molecule has 0 bridgehead atoms. The minimum absolute atomic E-state index is 0.0230. The number of hydrogen-bond donors (Lipinski definition) is 2. The van der Waals surface area contributed by atoms with E-state index in [2.05, 4.69) is 24.1 Å². The Labute approximate surface area is 131 Å². The second-order valence-corrected chi connectivity index (χ2v) is 7.50. The second-order valence-electron chi connectivity index (χ2n) is 7.50. The van der Waals surface area contributed by atoms with E-state index < -0.39 is 0 Å². The van der Waals surface area contributed by atoms with E-state index >= 15 is 0 Å². The van der Waals surface area contributed by atoms with Gasteiger partial charge in [0.2, 0.25) is 0 Å². The molecule has 2 aliphatic rings. The Kier molecular flexibility index (Phi) is 6.97. The number of likely N-dealkylation sites (tertiary alicyclic amines) is 1. The van der Waals surface area contributed by atoms with Crippen molar-refractivity contribution in [3.8, 4) is 0 Å². The van der Waals surface area contributed by atoms with Gasteiger partial charge in [0.15, 0.2) is 0 Å². The fourth-order valence-electron chi connectivity index (χ4n) is 4.32. The van der Waals surface area contributed by atoms with Crippen molar-refractivity contribution in [1.29, 1.82) is 0 Å². The van der Waals surface area contributed by atoms with Crippen LogP contribution in [0, 0.1) is 11.8 Å². The van der Waals surface area contributed by atoms with E-state index in [1.54, 1.807) is 0 Å². The Bertz CT molecular complexity index is 297. The number of aliphatic hydroxyl groups is 1. The molecule has 0 aromatic carbocycles. The van der Waals surface area contributed by atoms with Gasteiger partial charge in [-0.15, -0.1) is 0 Å². The largest absolute Gasteiger partial charge is 0.394 e. The minimum atomic E-state index is 0.0230. The average Bonchev–Trinajstić information content (AvgIpc) is 2.79. The van der Waals surface area contributed by atoms with Gasteiger partial charge < -0.3 is 15.3 Å². The van der Waals surface area contributed by atoms with E-state index in [4.69, 9.17) is 0 Å². The fourth-order valence-corrected chi connectivity index (χ4v) is 4.32. The summed E-state index contributed by atoms with van der Waals surface area (Å²) in [5.41, 5.74) is 0.0230. The van der Waals surface area contributed by atoms with Crippen molar-refractivity contribution in [3.05, 3.63) is 0 Å². The highest BCUT2D eigenvalue weighted by molar-refractivity contribution is 4.99. The smallest absolute Gasteiger partial charge is 0.0616 e. The third-order valence-corrected chi connectivity index (χ3v) is 5.87. The van der Waals surface area contributed by atoms with Crippen LogP contribution in [0.1, 0.15) is 65.2 Å². The lowest BCUT2D eigenvalue weighted by atomic mass is 9.85. The molecule has 0 amide bonds. The number of hydrogen-bond acceptors (Lipinski definition) is 3. The molecule has 1 aliphatic carbocycles. The van der Waals surface area contributed by atoms with E-state index in [0.29, 0.717) is 12.5 Å². The summed E-state index contributed by atoms with van der Waals surface area (Å²) >= 11 is 0. The van der Waals surface area contributed by atoms with E-state index in [-0.39, 0.29) is 5.54 Å². The van der Waals surface area contributed by atoms with E-state index in [0.717, 1.165) is 25.3 Å². The van der Waals surface area contributed by atoms with Crippen LogP contribution in [0.2, 0.25) is 0 Å². The summed E-state index contributed by atoms with van der Waals surface area (Å²) in [5.74, 6) is 1.57. The van der Waals surface area contributed by atoms with Crippen molar-refractivity contribution in [1.82, 2.24) is 10.2 Å². The molecule has 1 saturated heterocycles. The second kappa shape index (κ2) is 8.50. The molecule has 2 rings (SSSR count). The number of nitrogens with one attached hydrogen (secondary N) is 1. The molecule has 21 heavy (non-hydrogen) atoms. The van der Waals surface area contributed by atoms with Crippen molar-refractivity contribution in [2.45, 2.75) is 70.8 Å². The Morgan fingerprint density at radius 1 is 1.19 bits per heavy atom.